The van der Waals surface area contributed by atoms with Crippen LogP contribution in [0.4, 0.5) is 5.82 Å². The molecule has 0 unspecified atom stereocenters. The normalized spacial score (nSPS) is 10.2. The van der Waals surface area contributed by atoms with Gasteiger partial charge in [-0.25, -0.2) is 9.97 Å². The van der Waals surface area contributed by atoms with Gasteiger partial charge >= 0.3 is 0 Å². The van der Waals surface area contributed by atoms with Crippen molar-refractivity contribution in [2.24, 2.45) is 0 Å². The molecule has 0 radical (unpaired) electrons. The summed E-state index contributed by atoms with van der Waals surface area (Å²) in [5, 5.41) is 0. The molecular weight excluding hydrogens is 216 g/mol. The van der Waals surface area contributed by atoms with Crippen LogP contribution in [0.3, 0.4) is 0 Å². The summed E-state index contributed by atoms with van der Waals surface area (Å²) in [7, 11) is 0. The molecule has 5 heteroatoms. The van der Waals surface area contributed by atoms with E-state index in [1.165, 1.54) is 0 Å². The molecular formula is C12H14N4O. The van der Waals surface area contributed by atoms with Gasteiger partial charge in [-0.15, -0.1) is 0 Å². The molecule has 0 aliphatic rings. The van der Waals surface area contributed by atoms with Crippen LogP contribution in [0.5, 0.6) is 5.88 Å². The van der Waals surface area contributed by atoms with Crippen LogP contribution in [-0.2, 0) is 0 Å². The van der Waals surface area contributed by atoms with E-state index >= 15 is 0 Å². The van der Waals surface area contributed by atoms with Crippen molar-refractivity contribution < 1.29 is 4.74 Å². The number of anilines is 1. The van der Waals surface area contributed by atoms with Crippen molar-refractivity contribution in [1.82, 2.24) is 15.0 Å². The summed E-state index contributed by atoms with van der Waals surface area (Å²) in [6, 6.07) is 3.59. The van der Waals surface area contributed by atoms with Gasteiger partial charge in [0.1, 0.15) is 5.82 Å². The fourth-order valence-electron chi connectivity index (χ4n) is 1.32. The summed E-state index contributed by atoms with van der Waals surface area (Å²) < 4.78 is 5.42. The number of nitrogen functional groups attached to an aromatic ring is 1. The van der Waals surface area contributed by atoms with Gasteiger partial charge in [-0.1, -0.05) is 6.92 Å². The first-order valence-electron chi connectivity index (χ1n) is 5.46. The zero-order chi connectivity index (χ0) is 12.1. The fourth-order valence-corrected chi connectivity index (χ4v) is 1.32. The summed E-state index contributed by atoms with van der Waals surface area (Å²) in [6.45, 7) is 2.68. The van der Waals surface area contributed by atoms with E-state index in [1.807, 2.05) is 13.0 Å². The predicted molar refractivity (Wildman–Crippen MR) is 65.5 cm³/mol. The van der Waals surface area contributed by atoms with Crippen LogP contribution < -0.4 is 10.5 Å². The van der Waals surface area contributed by atoms with Crippen LogP contribution in [0.15, 0.2) is 30.7 Å². The quantitative estimate of drug-likeness (QED) is 0.868. The maximum Gasteiger partial charge on any atom is 0.232 e. The number of ether oxygens (including phenoxy) is 1. The number of nitrogens with zero attached hydrogens (tertiary/aromatic N) is 3. The summed E-state index contributed by atoms with van der Waals surface area (Å²) in [4.78, 5) is 12.5. The van der Waals surface area contributed by atoms with E-state index in [1.54, 1.807) is 24.7 Å². The van der Waals surface area contributed by atoms with Crippen molar-refractivity contribution in [3.05, 3.63) is 30.7 Å². The van der Waals surface area contributed by atoms with Gasteiger partial charge in [0.05, 0.1) is 24.7 Å². The summed E-state index contributed by atoms with van der Waals surface area (Å²) in [5.74, 6) is 1.02. The molecule has 0 saturated carbocycles. The van der Waals surface area contributed by atoms with Crippen LogP contribution >= 0.6 is 0 Å². The maximum absolute atomic E-state index is 5.53. The molecule has 0 aromatic carbocycles. The van der Waals surface area contributed by atoms with Gasteiger partial charge in [-0.2, -0.15) is 0 Å². The number of nitrogens with two attached hydrogens (primary N) is 1. The molecule has 2 aromatic heterocycles. The lowest BCUT2D eigenvalue weighted by molar-refractivity contribution is 0.304. The average molecular weight is 230 g/mol. The second kappa shape index (κ2) is 5.25. The Hall–Kier alpha value is -2.17. The molecule has 2 rings (SSSR count). The Morgan fingerprint density at radius 1 is 1.24 bits per heavy atom. The van der Waals surface area contributed by atoms with Gasteiger partial charge in [-0.05, 0) is 18.6 Å². The average Bonchev–Trinajstić information content (AvgIpc) is 2.37. The second-order valence-electron chi connectivity index (χ2n) is 3.56. The third-order valence-corrected chi connectivity index (χ3v) is 2.15. The van der Waals surface area contributed by atoms with Gasteiger partial charge < -0.3 is 10.5 Å². The van der Waals surface area contributed by atoms with Crippen molar-refractivity contribution in [2.75, 3.05) is 12.3 Å². The standard InChI is InChI=1S/C12H14N4O/c1-2-5-17-12-8-14-7-10(16-12)9-3-4-11(13)15-6-9/h3-4,6-8H,2,5H2,1H3,(H2,13,15). The highest BCUT2D eigenvalue weighted by Crippen LogP contribution is 2.18. The monoisotopic (exact) mass is 230 g/mol. The molecule has 88 valence electrons. The minimum atomic E-state index is 0.486. The third-order valence-electron chi connectivity index (χ3n) is 2.15. The smallest absolute Gasteiger partial charge is 0.232 e. The molecule has 2 heterocycles. The van der Waals surface area contributed by atoms with Crippen molar-refractivity contribution in [2.45, 2.75) is 13.3 Å². The number of pyridine rings is 1. The Bertz CT molecular complexity index is 484. The number of rotatable bonds is 4. The Morgan fingerprint density at radius 2 is 2.12 bits per heavy atom. The molecule has 2 N–H and O–H groups in total. The Morgan fingerprint density at radius 3 is 2.82 bits per heavy atom. The van der Waals surface area contributed by atoms with Gasteiger partial charge in [0.25, 0.3) is 0 Å². The van der Waals surface area contributed by atoms with E-state index < -0.39 is 0 Å². The molecule has 0 amide bonds. The van der Waals surface area contributed by atoms with Gasteiger partial charge in [0, 0.05) is 11.8 Å². The largest absolute Gasteiger partial charge is 0.477 e. The highest BCUT2D eigenvalue weighted by atomic mass is 16.5. The van der Waals surface area contributed by atoms with Crippen molar-refractivity contribution in [1.29, 1.82) is 0 Å². The minimum absolute atomic E-state index is 0.486. The van der Waals surface area contributed by atoms with Crippen molar-refractivity contribution in [3.63, 3.8) is 0 Å². The summed E-state index contributed by atoms with van der Waals surface area (Å²) >= 11 is 0. The molecule has 0 aliphatic carbocycles. The molecule has 0 spiro atoms. The molecule has 0 aliphatic heterocycles. The Labute approximate surface area is 99.7 Å². The lowest BCUT2D eigenvalue weighted by atomic mass is 10.2. The zero-order valence-corrected chi connectivity index (χ0v) is 9.63. The van der Waals surface area contributed by atoms with Crippen LogP contribution in [0.25, 0.3) is 11.3 Å². The van der Waals surface area contributed by atoms with E-state index in [0.717, 1.165) is 17.7 Å². The second-order valence-corrected chi connectivity index (χ2v) is 3.56. The molecule has 0 fully saturated rings. The van der Waals surface area contributed by atoms with Gasteiger partial charge in [0.2, 0.25) is 5.88 Å². The molecule has 0 bridgehead atoms. The summed E-state index contributed by atoms with van der Waals surface area (Å²) in [5.41, 5.74) is 7.13. The lowest BCUT2D eigenvalue weighted by Gasteiger charge is -2.05. The van der Waals surface area contributed by atoms with Crippen LogP contribution in [0.1, 0.15) is 13.3 Å². The molecule has 0 atom stereocenters. The molecule has 17 heavy (non-hydrogen) atoms. The molecule has 0 saturated heterocycles. The fraction of sp³-hybridized carbons (Fsp3) is 0.250. The van der Waals surface area contributed by atoms with Crippen LogP contribution in [0.2, 0.25) is 0 Å². The minimum Gasteiger partial charge on any atom is -0.477 e. The number of hydrogen-bond donors (Lipinski definition) is 1. The van der Waals surface area contributed by atoms with Gasteiger partial charge in [0.15, 0.2) is 0 Å². The first-order valence-corrected chi connectivity index (χ1v) is 5.46. The number of hydrogen-bond acceptors (Lipinski definition) is 5. The third kappa shape index (κ3) is 2.90. The molecule has 5 nitrogen and oxygen atoms in total. The highest BCUT2D eigenvalue weighted by molar-refractivity contribution is 5.58. The van der Waals surface area contributed by atoms with E-state index in [4.69, 9.17) is 10.5 Å². The lowest BCUT2D eigenvalue weighted by Crippen LogP contribution is -1.99. The Balaban J connectivity index is 2.23. The van der Waals surface area contributed by atoms with Crippen molar-refractivity contribution in [3.8, 4) is 17.1 Å². The van der Waals surface area contributed by atoms with Crippen molar-refractivity contribution >= 4 is 5.82 Å². The zero-order valence-electron chi connectivity index (χ0n) is 9.63. The van der Waals surface area contributed by atoms with E-state index in [2.05, 4.69) is 15.0 Å². The maximum atomic E-state index is 5.53. The van der Waals surface area contributed by atoms with E-state index in [9.17, 15) is 0 Å². The van der Waals surface area contributed by atoms with E-state index in [0.29, 0.717) is 18.3 Å². The first kappa shape index (κ1) is 11.3. The topological polar surface area (TPSA) is 73.9 Å². The van der Waals surface area contributed by atoms with Gasteiger partial charge in [-0.3, -0.25) is 4.98 Å². The highest BCUT2D eigenvalue weighted by Gasteiger charge is 2.03. The SMILES string of the molecule is CCCOc1cncc(-c2ccc(N)nc2)n1. The van der Waals surface area contributed by atoms with Crippen LogP contribution in [0, 0.1) is 0 Å². The van der Waals surface area contributed by atoms with E-state index in [-0.39, 0.29) is 0 Å². The molecule has 2 aromatic rings. The first-order chi connectivity index (χ1) is 8.29. The Kier molecular flexibility index (Phi) is 3.49. The summed E-state index contributed by atoms with van der Waals surface area (Å²) in [6.07, 6.45) is 5.88. The predicted octanol–water partition coefficient (Wildman–Crippen LogP) is 1.91. The van der Waals surface area contributed by atoms with Crippen LogP contribution in [-0.4, -0.2) is 21.6 Å². The number of aromatic nitrogens is 3.